The van der Waals surface area contributed by atoms with Crippen molar-refractivity contribution in [3.63, 3.8) is 0 Å². The molecule has 0 aromatic heterocycles. The Balaban J connectivity index is 4.39. The van der Waals surface area contributed by atoms with Crippen LogP contribution in [0.2, 0.25) is 0 Å². The molecule has 0 saturated carbocycles. The Morgan fingerprint density at radius 3 is 2.60 bits per heavy atom. The molecule has 0 fully saturated rings. The van der Waals surface area contributed by atoms with Gasteiger partial charge in [0.05, 0.1) is 12.6 Å². The number of hydrogen-bond acceptors (Lipinski definition) is 4. The first-order chi connectivity index (χ1) is 7.08. The van der Waals surface area contributed by atoms with Crippen molar-refractivity contribution in [2.24, 2.45) is 5.84 Å². The van der Waals surface area contributed by atoms with Crippen molar-refractivity contribution in [1.29, 1.82) is 0 Å². The summed E-state index contributed by atoms with van der Waals surface area (Å²) in [5, 5.41) is 0. The summed E-state index contributed by atoms with van der Waals surface area (Å²) in [7, 11) is 3.57. The highest BCUT2D eigenvalue weighted by Gasteiger charge is 2.24. The molecule has 2 unspecified atom stereocenters. The Labute approximate surface area is 91.9 Å². The summed E-state index contributed by atoms with van der Waals surface area (Å²) in [6, 6.07) is 0.0222. The maximum atomic E-state index is 11.5. The number of carbonyl (C=O) groups is 1. The van der Waals surface area contributed by atoms with Crippen LogP contribution in [0.1, 0.15) is 26.7 Å². The second-order valence-electron chi connectivity index (χ2n) is 3.78. The summed E-state index contributed by atoms with van der Waals surface area (Å²) >= 11 is 0. The molecule has 1 amide bonds. The molecule has 0 aliphatic heterocycles. The van der Waals surface area contributed by atoms with Gasteiger partial charge < -0.3 is 4.74 Å². The summed E-state index contributed by atoms with van der Waals surface area (Å²) in [6.07, 6.45) is 1.75. The highest BCUT2D eigenvalue weighted by Crippen LogP contribution is 2.09. The molecule has 90 valence electrons. The van der Waals surface area contributed by atoms with Crippen LogP contribution in [0.15, 0.2) is 0 Å². The van der Waals surface area contributed by atoms with Crippen LogP contribution in [0, 0.1) is 0 Å². The van der Waals surface area contributed by atoms with Gasteiger partial charge in [0.25, 0.3) is 5.91 Å². The first-order valence-electron chi connectivity index (χ1n) is 5.29. The van der Waals surface area contributed by atoms with Crippen molar-refractivity contribution in [2.75, 3.05) is 20.8 Å². The van der Waals surface area contributed by atoms with Crippen LogP contribution in [-0.4, -0.2) is 43.7 Å². The van der Waals surface area contributed by atoms with Gasteiger partial charge in [-0.1, -0.05) is 13.3 Å². The Morgan fingerprint density at radius 2 is 2.20 bits per heavy atom. The van der Waals surface area contributed by atoms with Crippen molar-refractivity contribution in [3.05, 3.63) is 0 Å². The third-order valence-corrected chi connectivity index (χ3v) is 2.60. The van der Waals surface area contributed by atoms with E-state index < -0.39 is 0 Å². The molecule has 0 spiro atoms. The largest absolute Gasteiger partial charge is 0.383 e. The van der Waals surface area contributed by atoms with Crippen LogP contribution in [0.5, 0.6) is 0 Å². The number of methoxy groups -OCH3 is 1. The van der Waals surface area contributed by atoms with E-state index >= 15 is 0 Å². The number of likely N-dealkylation sites (N-methyl/N-ethyl adjacent to an activating group) is 1. The first-order valence-corrected chi connectivity index (χ1v) is 5.29. The quantitative estimate of drug-likeness (QED) is 0.361. The SMILES string of the molecule is CCCC(C(=O)NN)N(C)C(C)COC. The van der Waals surface area contributed by atoms with Gasteiger partial charge >= 0.3 is 0 Å². The van der Waals surface area contributed by atoms with Crippen LogP contribution in [0.25, 0.3) is 0 Å². The Hall–Kier alpha value is -0.650. The average molecular weight is 217 g/mol. The Morgan fingerprint density at radius 1 is 1.60 bits per heavy atom. The molecule has 0 heterocycles. The maximum absolute atomic E-state index is 11.5. The van der Waals surface area contributed by atoms with Crippen LogP contribution in [-0.2, 0) is 9.53 Å². The molecular formula is C10H23N3O2. The van der Waals surface area contributed by atoms with Crippen LogP contribution >= 0.6 is 0 Å². The molecule has 2 atom stereocenters. The fourth-order valence-corrected chi connectivity index (χ4v) is 1.56. The van der Waals surface area contributed by atoms with E-state index in [1.165, 1.54) is 0 Å². The predicted molar refractivity (Wildman–Crippen MR) is 60.1 cm³/mol. The molecule has 0 radical (unpaired) electrons. The van der Waals surface area contributed by atoms with Crippen molar-refractivity contribution in [3.8, 4) is 0 Å². The number of nitrogens with one attached hydrogen (secondary N) is 1. The molecule has 0 rings (SSSR count). The van der Waals surface area contributed by atoms with Gasteiger partial charge in [0, 0.05) is 13.2 Å². The van der Waals surface area contributed by atoms with E-state index in [2.05, 4.69) is 5.43 Å². The lowest BCUT2D eigenvalue weighted by Gasteiger charge is -2.31. The van der Waals surface area contributed by atoms with Crippen LogP contribution < -0.4 is 11.3 Å². The van der Waals surface area contributed by atoms with E-state index in [4.69, 9.17) is 10.6 Å². The normalized spacial score (nSPS) is 15.1. The fourth-order valence-electron chi connectivity index (χ4n) is 1.56. The molecule has 0 aromatic carbocycles. The standard InChI is InChI=1S/C10H23N3O2/c1-5-6-9(10(14)12-11)13(3)8(2)7-15-4/h8-9H,5-7,11H2,1-4H3,(H,12,14). The molecule has 0 aliphatic rings. The van der Waals surface area contributed by atoms with Gasteiger partial charge in [-0.05, 0) is 20.4 Å². The molecular weight excluding hydrogens is 194 g/mol. The lowest BCUT2D eigenvalue weighted by molar-refractivity contribution is -0.127. The highest BCUT2D eigenvalue weighted by atomic mass is 16.5. The van der Waals surface area contributed by atoms with Gasteiger partial charge in [0.15, 0.2) is 0 Å². The summed E-state index contributed by atoms with van der Waals surface area (Å²) in [5.41, 5.74) is 2.21. The lowest BCUT2D eigenvalue weighted by Crippen LogP contribution is -2.51. The van der Waals surface area contributed by atoms with E-state index in [-0.39, 0.29) is 18.0 Å². The molecule has 15 heavy (non-hydrogen) atoms. The van der Waals surface area contributed by atoms with E-state index in [9.17, 15) is 4.79 Å². The molecule has 0 saturated heterocycles. The fraction of sp³-hybridized carbons (Fsp3) is 0.900. The Kier molecular flexibility index (Phi) is 7.29. The first kappa shape index (κ1) is 14.3. The molecule has 5 heteroatoms. The van der Waals surface area contributed by atoms with Gasteiger partial charge in [0.1, 0.15) is 0 Å². The third-order valence-electron chi connectivity index (χ3n) is 2.60. The molecule has 3 N–H and O–H groups in total. The second kappa shape index (κ2) is 7.62. The van der Waals surface area contributed by atoms with Crippen molar-refractivity contribution < 1.29 is 9.53 Å². The molecule has 0 aromatic rings. The zero-order valence-electron chi connectivity index (χ0n) is 10.1. The number of ether oxygens (including phenoxy) is 1. The zero-order chi connectivity index (χ0) is 11.8. The topological polar surface area (TPSA) is 67.6 Å². The predicted octanol–water partition coefficient (Wildman–Crippen LogP) is 0.112. The zero-order valence-corrected chi connectivity index (χ0v) is 10.1. The number of nitrogens with zero attached hydrogens (tertiary/aromatic N) is 1. The smallest absolute Gasteiger partial charge is 0.251 e. The molecule has 0 aliphatic carbocycles. The minimum atomic E-state index is -0.176. The number of hydrazine groups is 1. The molecule has 5 nitrogen and oxygen atoms in total. The second-order valence-corrected chi connectivity index (χ2v) is 3.78. The third kappa shape index (κ3) is 4.59. The maximum Gasteiger partial charge on any atom is 0.251 e. The van der Waals surface area contributed by atoms with Crippen molar-refractivity contribution in [1.82, 2.24) is 10.3 Å². The summed E-state index contributed by atoms with van der Waals surface area (Å²) < 4.78 is 5.06. The monoisotopic (exact) mass is 217 g/mol. The van der Waals surface area contributed by atoms with Crippen LogP contribution in [0.3, 0.4) is 0 Å². The van der Waals surface area contributed by atoms with Crippen molar-refractivity contribution in [2.45, 2.75) is 38.8 Å². The van der Waals surface area contributed by atoms with Crippen LogP contribution in [0.4, 0.5) is 0 Å². The van der Waals surface area contributed by atoms with E-state index in [0.29, 0.717) is 6.61 Å². The average Bonchev–Trinajstić information content (AvgIpc) is 2.24. The van der Waals surface area contributed by atoms with Crippen molar-refractivity contribution >= 4 is 5.91 Å². The van der Waals surface area contributed by atoms with Gasteiger partial charge in [-0.2, -0.15) is 0 Å². The van der Waals surface area contributed by atoms with E-state index in [1.807, 2.05) is 25.8 Å². The molecule has 0 bridgehead atoms. The number of nitrogens with two attached hydrogens (primary N) is 1. The van der Waals surface area contributed by atoms with Gasteiger partial charge in [-0.15, -0.1) is 0 Å². The Bertz CT molecular complexity index is 188. The van der Waals surface area contributed by atoms with Gasteiger partial charge in [0.2, 0.25) is 0 Å². The number of hydrogen-bond donors (Lipinski definition) is 2. The van der Waals surface area contributed by atoms with E-state index in [1.54, 1.807) is 7.11 Å². The van der Waals surface area contributed by atoms with E-state index in [0.717, 1.165) is 12.8 Å². The minimum absolute atomic E-state index is 0.137. The summed E-state index contributed by atoms with van der Waals surface area (Å²) in [4.78, 5) is 13.5. The number of rotatable bonds is 7. The number of amides is 1. The minimum Gasteiger partial charge on any atom is -0.383 e. The van der Waals surface area contributed by atoms with Gasteiger partial charge in [-0.25, -0.2) is 5.84 Å². The highest BCUT2D eigenvalue weighted by molar-refractivity contribution is 5.81. The summed E-state index contributed by atoms with van der Waals surface area (Å²) in [6.45, 7) is 4.68. The summed E-state index contributed by atoms with van der Waals surface area (Å²) in [5.74, 6) is 5.02. The van der Waals surface area contributed by atoms with Gasteiger partial charge in [-0.3, -0.25) is 15.1 Å². The number of carbonyl (C=O) groups excluding carboxylic acids is 1. The lowest BCUT2D eigenvalue weighted by atomic mass is 10.1.